The number of benzene rings is 1. The predicted molar refractivity (Wildman–Crippen MR) is 50.6 cm³/mol. The maximum absolute atomic E-state index is 11.4. The highest BCUT2D eigenvalue weighted by Crippen LogP contribution is 2.23. The molecule has 0 aliphatic heterocycles. The van der Waals surface area contributed by atoms with Crippen LogP contribution >= 0.6 is 0 Å². The van der Waals surface area contributed by atoms with Crippen molar-refractivity contribution in [3.63, 3.8) is 0 Å². The third kappa shape index (κ3) is 2.16. The number of rotatable bonds is 3. The quantitative estimate of drug-likeness (QED) is 0.745. The zero-order valence-electron chi connectivity index (χ0n) is 8.11. The Morgan fingerprint density at radius 1 is 1.50 bits per heavy atom. The summed E-state index contributed by atoms with van der Waals surface area (Å²) in [5.41, 5.74) is 0.231. The average Bonchev–Trinajstić information content (AvgIpc) is 2.18. The van der Waals surface area contributed by atoms with Crippen molar-refractivity contribution in [2.24, 2.45) is 0 Å². The third-order valence-electron chi connectivity index (χ3n) is 1.68. The first-order valence-electron chi connectivity index (χ1n) is 4.23. The Morgan fingerprint density at radius 3 is 2.79 bits per heavy atom. The van der Waals surface area contributed by atoms with E-state index >= 15 is 0 Å². The molecule has 4 heteroatoms. The molecule has 0 spiro atoms. The Balaban J connectivity index is 3.03. The maximum atomic E-state index is 11.4. The Hall–Kier alpha value is -1.71. The zero-order valence-corrected chi connectivity index (χ0v) is 8.11. The fourth-order valence-electron chi connectivity index (χ4n) is 1.06. The molecule has 0 aromatic heterocycles. The van der Waals surface area contributed by atoms with Crippen molar-refractivity contribution >= 4 is 5.97 Å². The molecule has 0 saturated heterocycles. The van der Waals surface area contributed by atoms with E-state index in [0.717, 1.165) is 0 Å². The van der Waals surface area contributed by atoms with Crippen LogP contribution in [0.25, 0.3) is 0 Å². The van der Waals surface area contributed by atoms with Gasteiger partial charge in [-0.15, -0.1) is 0 Å². The Morgan fingerprint density at radius 2 is 2.21 bits per heavy atom. The molecule has 1 N–H and O–H groups in total. The number of carbonyl (C=O) groups excluding carboxylic acids is 1. The second-order valence-corrected chi connectivity index (χ2v) is 2.61. The first kappa shape index (κ1) is 10.4. The number of phenolic OH excluding ortho intramolecular Hbond substituents is 1. The van der Waals surface area contributed by atoms with Gasteiger partial charge in [0.2, 0.25) is 0 Å². The summed E-state index contributed by atoms with van der Waals surface area (Å²) in [7, 11) is 1.45. The summed E-state index contributed by atoms with van der Waals surface area (Å²) in [6.45, 7) is 2.00. The number of phenols is 1. The second-order valence-electron chi connectivity index (χ2n) is 2.61. The third-order valence-corrected chi connectivity index (χ3v) is 1.68. The molecule has 0 unspecified atom stereocenters. The van der Waals surface area contributed by atoms with Gasteiger partial charge in [0.15, 0.2) is 0 Å². The van der Waals surface area contributed by atoms with Crippen LogP contribution in [0.2, 0.25) is 0 Å². The molecule has 0 saturated carbocycles. The van der Waals surface area contributed by atoms with Gasteiger partial charge in [-0.3, -0.25) is 0 Å². The van der Waals surface area contributed by atoms with E-state index in [-0.39, 0.29) is 17.9 Å². The molecule has 14 heavy (non-hydrogen) atoms. The van der Waals surface area contributed by atoms with E-state index in [1.807, 2.05) is 0 Å². The number of aromatic hydroxyl groups is 1. The SMILES string of the molecule is CCOC(=O)c1cc(O)ccc1OC. The summed E-state index contributed by atoms with van der Waals surface area (Å²) in [6, 6.07) is 4.28. The van der Waals surface area contributed by atoms with Gasteiger partial charge >= 0.3 is 5.97 Å². The van der Waals surface area contributed by atoms with Crippen molar-refractivity contribution < 1.29 is 19.4 Å². The number of hydrogen-bond acceptors (Lipinski definition) is 4. The van der Waals surface area contributed by atoms with Crippen molar-refractivity contribution in [1.82, 2.24) is 0 Å². The van der Waals surface area contributed by atoms with E-state index in [0.29, 0.717) is 5.75 Å². The molecule has 1 rings (SSSR count). The van der Waals surface area contributed by atoms with E-state index in [4.69, 9.17) is 9.47 Å². The van der Waals surface area contributed by atoms with E-state index in [2.05, 4.69) is 0 Å². The Kier molecular flexibility index (Phi) is 3.34. The fraction of sp³-hybridized carbons (Fsp3) is 0.300. The minimum atomic E-state index is -0.500. The minimum absolute atomic E-state index is 0.00820. The summed E-state index contributed by atoms with van der Waals surface area (Å²) < 4.78 is 9.75. The van der Waals surface area contributed by atoms with Crippen molar-refractivity contribution in [3.05, 3.63) is 23.8 Å². The lowest BCUT2D eigenvalue weighted by atomic mass is 10.2. The lowest BCUT2D eigenvalue weighted by molar-refractivity contribution is 0.0522. The van der Waals surface area contributed by atoms with Crippen LogP contribution in [0.15, 0.2) is 18.2 Å². The number of esters is 1. The molecule has 1 aromatic rings. The molecule has 0 aliphatic carbocycles. The summed E-state index contributed by atoms with van der Waals surface area (Å²) >= 11 is 0. The van der Waals surface area contributed by atoms with Crippen molar-refractivity contribution in [2.75, 3.05) is 13.7 Å². The van der Waals surface area contributed by atoms with Crippen molar-refractivity contribution in [1.29, 1.82) is 0 Å². The van der Waals surface area contributed by atoms with Crippen LogP contribution in [0.4, 0.5) is 0 Å². The number of ether oxygens (including phenoxy) is 2. The number of hydrogen-bond donors (Lipinski definition) is 1. The summed E-state index contributed by atoms with van der Waals surface area (Å²) in [5.74, 6) is -0.102. The molecular formula is C10H12O4. The molecule has 0 atom stereocenters. The molecule has 0 radical (unpaired) electrons. The lowest BCUT2D eigenvalue weighted by Gasteiger charge is -2.07. The first-order valence-corrected chi connectivity index (χ1v) is 4.23. The number of carbonyl (C=O) groups is 1. The summed E-state index contributed by atoms with van der Waals surface area (Å²) in [6.07, 6.45) is 0. The smallest absolute Gasteiger partial charge is 0.342 e. The normalized spacial score (nSPS) is 9.57. The van der Waals surface area contributed by atoms with Crippen molar-refractivity contribution in [2.45, 2.75) is 6.92 Å². The van der Waals surface area contributed by atoms with Gasteiger partial charge in [0.1, 0.15) is 17.1 Å². The standard InChI is InChI=1S/C10H12O4/c1-3-14-10(12)8-6-7(11)4-5-9(8)13-2/h4-6,11H,3H2,1-2H3. The molecule has 1 aromatic carbocycles. The highest BCUT2D eigenvalue weighted by atomic mass is 16.5. The molecule has 4 nitrogen and oxygen atoms in total. The summed E-state index contributed by atoms with van der Waals surface area (Å²) in [4.78, 5) is 11.4. The van der Waals surface area contributed by atoms with Gasteiger partial charge in [0.05, 0.1) is 13.7 Å². The van der Waals surface area contributed by atoms with Crippen LogP contribution in [-0.2, 0) is 4.74 Å². The molecule has 0 amide bonds. The second kappa shape index (κ2) is 4.50. The number of methoxy groups -OCH3 is 1. The Bertz CT molecular complexity index is 333. The van der Waals surface area contributed by atoms with Gasteiger partial charge in [0, 0.05) is 0 Å². The van der Waals surface area contributed by atoms with E-state index < -0.39 is 5.97 Å². The van der Waals surface area contributed by atoms with E-state index in [1.54, 1.807) is 6.92 Å². The van der Waals surface area contributed by atoms with Crippen LogP contribution in [0.1, 0.15) is 17.3 Å². The van der Waals surface area contributed by atoms with Gasteiger partial charge in [-0.25, -0.2) is 4.79 Å². The maximum Gasteiger partial charge on any atom is 0.342 e. The highest BCUT2D eigenvalue weighted by molar-refractivity contribution is 5.93. The van der Waals surface area contributed by atoms with Gasteiger partial charge in [-0.05, 0) is 25.1 Å². The minimum Gasteiger partial charge on any atom is -0.508 e. The molecule has 76 valence electrons. The van der Waals surface area contributed by atoms with Gasteiger partial charge < -0.3 is 14.6 Å². The molecular weight excluding hydrogens is 184 g/mol. The average molecular weight is 196 g/mol. The topological polar surface area (TPSA) is 55.8 Å². The van der Waals surface area contributed by atoms with Crippen molar-refractivity contribution in [3.8, 4) is 11.5 Å². The summed E-state index contributed by atoms with van der Waals surface area (Å²) in [5, 5.41) is 9.19. The Labute approximate surface area is 82.1 Å². The molecule has 0 fully saturated rings. The van der Waals surface area contributed by atoms with Crippen LogP contribution in [0.3, 0.4) is 0 Å². The molecule has 0 aliphatic rings. The zero-order chi connectivity index (χ0) is 10.6. The monoisotopic (exact) mass is 196 g/mol. The van der Waals surface area contributed by atoms with Gasteiger partial charge in [-0.2, -0.15) is 0 Å². The first-order chi connectivity index (χ1) is 6.69. The van der Waals surface area contributed by atoms with Gasteiger partial charge in [-0.1, -0.05) is 0 Å². The fourth-order valence-corrected chi connectivity index (χ4v) is 1.06. The highest BCUT2D eigenvalue weighted by Gasteiger charge is 2.13. The molecule has 0 bridgehead atoms. The lowest BCUT2D eigenvalue weighted by Crippen LogP contribution is -2.06. The van der Waals surface area contributed by atoms with E-state index in [9.17, 15) is 9.90 Å². The predicted octanol–water partition coefficient (Wildman–Crippen LogP) is 1.58. The van der Waals surface area contributed by atoms with Crippen LogP contribution < -0.4 is 4.74 Å². The van der Waals surface area contributed by atoms with Crippen LogP contribution in [0, 0.1) is 0 Å². The van der Waals surface area contributed by atoms with Crippen LogP contribution in [-0.4, -0.2) is 24.8 Å². The van der Waals surface area contributed by atoms with Gasteiger partial charge in [0.25, 0.3) is 0 Å². The van der Waals surface area contributed by atoms with E-state index in [1.165, 1.54) is 25.3 Å². The largest absolute Gasteiger partial charge is 0.508 e. The van der Waals surface area contributed by atoms with Crippen LogP contribution in [0.5, 0.6) is 11.5 Å². The molecule has 0 heterocycles.